The van der Waals surface area contributed by atoms with Crippen molar-refractivity contribution >= 4 is 29.3 Å². The van der Waals surface area contributed by atoms with Crippen LogP contribution in [-0.2, 0) is 33.0 Å². The normalized spacial score (nSPS) is 24.9. The average molecular weight is 466 g/mol. The Kier molecular flexibility index (Phi) is 5.43. The number of carbonyl (C=O) groups excluding carboxylic acids is 4. The molecule has 2 aromatic rings. The summed E-state index contributed by atoms with van der Waals surface area (Å²) in [7, 11) is 2.06. The fraction of sp³-hybridized carbons (Fsp3) is 0.478. The van der Waals surface area contributed by atoms with Gasteiger partial charge in [-0.2, -0.15) is 0 Å². The van der Waals surface area contributed by atoms with Gasteiger partial charge in [-0.3, -0.25) is 29.4 Å². The Morgan fingerprint density at radius 3 is 2.85 bits per heavy atom. The van der Waals surface area contributed by atoms with Gasteiger partial charge < -0.3 is 10.2 Å². The number of aromatic nitrogens is 3. The molecule has 0 aliphatic carbocycles. The van der Waals surface area contributed by atoms with E-state index in [0.29, 0.717) is 16.8 Å². The minimum absolute atomic E-state index is 0.0126. The van der Waals surface area contributed by atoms with Crippen LogP contribution in [0.25, 0.3) is 0 Å². The summed E-state index contributed by atoms with van der Waals surface area (Å²) in [4.78, 5) is 53.2. The average Bonchev–Trinajstić information content (AvgIpc) is 3.48. The predicted molar refractivity (Wildman–Crippen MR) is 120 cm³/mol. The first kappa shape index (κ1) is 22.2. The maximum absolute atomic E-state index is 13.0. The number of amides is 4. The number of carbonyl (C=O) groups is 4. The molecule has 4 heterocycles. The van der Waals surface area contributed by atoms with Gasteiger partial charge in [0.2, 0.25) is 17.7 Å². The van der Waals surface area contributed by atoms with Crippen LogP contribution >= 0.6 is 0 Å². The lowest BCUT2D eigenvalue weighted by molar-refractivity contribution is -0.137. The maximum atomic E-state index is 13.0. The molecule has 11 heteroatoms. The first-order valence-corrected chi connectivity index (χ1v) is 11.4. The predicted octanol–water partition coefficient (Wildman–Crippen LogP) is 0.619. The first-order chi connectivity index (χ1) is 16.3. The molecule has 0 spiro atoms. The van der Waals surface area contributed by atoms with E-state index < -0.39 is 11.9 Å². The van der Waals surface area contributed by atoms with Gasteiger partial charge in [-0.25, -0.2) is 4.68 Å². The van der Waals surface area contributed by atoms with Gasteiger partial charge in [-0.05, 0) is 51.9 Å². The number of fused-ring (bicyclic) bond motifs is 1. The second kappa shape index (κ2) is 8.32. The SMILES string of the molecule is CN1CCC[C@]1(C)c1cn(CC(=O)Nc2cccc3c2CN(C2CCC(=O)NC2=O)C3=O)nn1. The lowest BCUT2D eigenvalue weighted by atomic mass is 9.96. The molecule has 1 unspecified atom stereocenters. The van der Waals surface area contributed by atoms with Crippen molar-refractivity contribution in [3.8, 4) is 0 Å². The van der Waals surface area contributed by atoms with Crippen LogP contribution in [0.4, 0.5) is 5.69 Å². The third kappa shape index (κ3) is 3.75. The molecule has 2 N–H and O–H groups in total. The molecular formula is C23H27N7O4. The van der Waals surface area contributed by atoms with E-state index in [-0.39, 0.29) is 49.2 Å². The third-order valence-electron chi connectivity index (χ3n) is 7.25. The number of benzene rings is 1. The van der Waals surface area contributed by atoms with Gasteiger partial charge in [0.05, 0.1) is 11.7 Å². The van der Waals surface area contributed by atoms with Gasteiger partial charge in [0, 0.05) is 29.8 Å². The molecule has 0 radical (unpaired) electrons. The Morgan fingerprint density at radius 1 is 1.29 bits per heavy atom. The van der Waals surface area contributed by atoms with E-state index in [1.54, 1.807) is 18.2 Å². The zero-order chi connectivity index (χ0) is 24.0. The molecule has 1 aromatic carbocycles. The van der Waals surface area contributed by atoms with E-state index in [2.05, 4.69) is 39.8 Å². The number of likely N-dealkylation sites (tertiary alicyclic amines) is 1. The van der Waals surface area contributed by atoms with Gasteiger partial charge in [-0.1, -0.05) is 11.3 Å². The number of hydrogen-bond donors (Lipinski definition) is 2. The number of nitrogens with zero attached hydrogens (tertiary/aromatic N) is 5. The lowest BCUT2D eigenvalue weighted by Crippen LogP contribution is -2.52. The van der Waals surface area contributed by atoms with Crippen molar-refractivity contribution in [3.05, 3.63) is 41.2 Å². The molecule has 3 aliphatic heterocycles. The molecule has 2 fully saturated rings. The fourth-order valence-corrected chi connectivity index (χ4v) is 5.08. The summed E-state index contributed by atoms with van der Waals surface area (Å²) in [5, 5.41) is 13.6. The summed E-state index contributed by atoms with van der Waals surface area (Å²) >= 11 is 0. The quantitative estimate of drug-likeness (QED) is 0.619. The summed E-state index contributed by atoms with van der Waals surface area (Å²) in [6, 6.07) is 4.41. The minimum Gasteiger partial charge on any atom is -0.324 e. The summed E-state index contributed by atoms with van der Waals surface area (Å²) in [6.45, 7) is 3.31. The standard InChI is InChI=1S/C23H27N7O4/c1-23(9-4-10-28(23)2)18-12-29(27-26-18)13-20(32)24-16-6-3-5-14-15(16)11-30(22(14)34)17-7-8-19(31)25-21(17)33/h3,5-6,12,17H,4,7-11,13H2,1-2H3,(H,24,32)(H,25,31,33)/t17?,23-/m1/s1. The zero-order valence-electron chi connectivity index (χ0n) is 19.2. The first-order valence-electron chi connectivity index (χ1n) is 11.4. The highest BCUT2D eigenvalue weighted by atomic mass is 16.2. The Bertz CT molecular complexity index is 1190. The molecule has 2 atom stereocenters. The van der Waals surface area contributed by atoms with Crippen molar-refractivity contribution in [3.63, 3.8) is 0 Å². The Labute approximate surface area is 196 Å². The molecule has 2 saturated heterocycles. The molecular weight excluding hydrogens is 438 g/mol. The van der Waals surface area contributed by atoms with Crippen LogP contribution in [0.1, 0.15) is 54.2 Å². The molecule has 34 heavy (non-hydrogen) atoms. The van der Waals surface area contributed by atoms with Crippen molar-refractivity contribution < 1.29 is 19.2 Å². The maximum Gasteiger partial charge on any atom is 0.255 e. The molecule has 5 rings (SSSR count). The number of hydrogen-bond acceptors (Lipinski definition) is 7. The van der Waals surface area contributed by atoms with Crippen molar-refractivity contribution in [2.24, 2.45) is 0 Å². The van der Waals surface area contributed by atoms with Crippen LogP contribution in [0, 0.1) is 0 Å². The molecule has 1 aromatic heterocycles. The van der Waals surface area contributed by atoms with Gasteiger partial charge >= 0.3 is 0 Å². The highest BCUT2D eigenvalue weighted by Gasteiger charge is 2.40. The smallest absolute Gasteiger partial charge is 0.255 e. The largest absolute Gasteiger partial charge is 0.324 e. The highest BCUT2D eigenvalue weighted by molar-refractivity contribution is 6.06. The summed E-state index contributed by atoms with van der Waals surface area (Å²) < 4.78 is 1.52. The third-order valence-corrected chi connectivity index (χ3v) is 7.25. The molecule has 0 saturated carbocycles. The van der Waals surface area contributed by atoms with Crippen molar-refractivity contribution in [1.29, 1.82) is 0 Å². The Balaban J connectivity index is 1.28. The van der Waals surface area contributed by atoms with Gasteiger partial charge in [0.15, 0.2) is 0 Å². The topological polar surface area (TPSA) is 130 Å². The summed E-state index contributed by atoms with van der Waals surface area (Å²) in [5.41, 5.74) is 2.28. The number of imide groups is 1. The van der Waals surface area contributed by atoms with Crippen molar-refractivity contribution in [2.45, 2.75) is 57.3 Å². The van der Waals surface area contributed by atoms with Crippen molar-refractivity contribution in [1.82, 2.24) is 30.1 Å². The summed E-state index contributed by atoms with van der Waals surface area (Å²) in [5.74, 6) is -1.37. The van der Waals surface area contributed by atoms with E-state index in [4.69, 9.17) is 0 Å². The molecule has 3 aliphatic rings. The van der Waals surface area contributed by atoms with Crippen LogP contribution in [0.15, 0.2) is 24.4 Å². The van der Waals surface area contributed by atoms with Gasteiger partial charge in [0.1, 0.15) is 18.3 Å². The monoisotopic (exact) mass is 465 g/mol. The van der Waals surface area contributed by atoms with Gasteiger partial charge in [-0.15, -0.1) is 5.10 Å². The number of piperidine rings is 1. The summed E-state index contributed by atoms with van der Waals surface area (Å²) in [6.07, 6.45) is 4.37. The van der Waals surface area contributed by atoms with Crippen LogP contribution in [0.3, 0.4) is 0 Å². The van der Waals surface area contributed by atoms with Crippen LogP contribution in [0.2, 0.25) is 0 Å². The molecule has 4 amide bonds. The Morgan fingerprint density at radius 2 is 2.12 bits per heavy atom. The van der Waals surface area contributed by atoms with E-state index in [1.807, 2.05) is 6.20 Å². The van der Waals surface area contributed by atoms with E-state index in [1.165, 1.54) is 9.58 Å². The van der Waals surface area contributed by atoms with Crippen LogP contribution in [-0.4, -0.2) is 68.1 Å². The van der Waals surface area contributed by atoms with Crippen LogP contribution in [0.5, 0.6) is 0 Å². The zero-order valence-corrected chi connectivity index (χ0v) is 19.2. The second-order valence-corrected chi connectivity index (χ2v) is 9.38. The van der Waals surface area contributed by atoms with Gasteiger partial charge in [0.25, 0.3) is 5.91 Å². The second-order valence-electron chi connectivity index (χ2n) is 9.38. The molecule has 0 bridgehead atoms. The molecule has 11 nitrogen and oxygen atoms in total. The van der Waals surface area contributed by atoms with E-state index in [9.17, 15) is 19.2 Å². The number of rotatable bonds is 5. The fourth-order valence-electron chi connectivity index (χ4n) is 5.08. The van der Waals surface area contributed by atoms with Crippen molar-refractivity contribution in [2.75, 3.05) is 18.9 Å². The minimum atomic E-state index is -0.704. The van der Waals surface area contributed by atoms with Crippen LogP contribution < -0.4 is 10.6 Å². The molecule has 178 valence electrons. The van der Waals surface area contributed by atoms with E-state index in [0.717, 1.165) is 25.1 Å². The lowest BCUT2D eigenvalue weighted by Gasteiger charge is -2.29. The number of nitrogens with one attached hydrogen (secondary N) is 2. The van der Waals surface area contributed by atoms with E-state index >= 15 is 0 Å². The Hall–Kier alpha value is -3.60. The number of anilines is 1. The highest BCUT2D eigenvalue weighted by Crippen LogP contribution is 2.36.